The molecule has 3 aromatic rings. The number of H-pyrrole nitrogens is 1. The third kappa shape index (κ3) is 3.67. The molecular formula is C22H23N7O7. The summed E-state index contributed by atoms with van der Waals surface area (Å²) in [5.41, 5.74) is -0.164. The van der Waals surface area contributed by atoms with Crippen LogP contribution < -0.4 is 5.56 Å². The van der Waals surface area contributed by atoms with Crippen molar-refractivity contribution in [1.29, 1.82) is 0 Å². The molecule has 2 aromatic heterocycles. The number of carbonyl (C=O) groups excluding carboxylic acids is 2. The number of imide groups is 1. The molecule has 1 aromatic carbocycles. The number of methoxy groups -OCH3 is 1. The number of amides is 2. The van der Waals surface area contributed by atoms with Crippen LogP contribution >= 0.6 is 0 Å². The standard InChI is InChI=1S/C22H23N7O7/c1-27(2)8-24-22-25-16-12(17(31)26-22)23-9-28(16)21-15(35-3)13(30)14(36-21)20(34)29-18(32)10-6-4-5-7-11(10)19(29)33/h4-9,13-15,20-21,30,34H,1-3H3,(H,25,26,31)/t13-,14+,15-,20?,21-/m1/s1. The van der Waals surface area contributed by atoms with Crippen LogP contribution in [0.4, 0.5) is 5.95 Å². The van der Waals surface area contributed by atoms with Crippen LogP contribution in [0, 0.1) is 0 Å². The lowest BCUT2D eigenvalue weighted by Crippen LogP contribution is -2.51. The van der Waals surface area contributed by atoms with E-state index in [2.05, 4.69) is 19.9 Å². The van der Waals surface area contributed by atoms with Crippen molar-refractivity contribution in [3.05, 3.63) is 52.1 Å². The molecule has 0 bridgehead atoms. The number of aliphatic imine (C=N–C) groups is 1. The molecule has 0 saturated carbocycles. The van der Waals surface area contributed by atoms with Gasteiger partial charge < -0.3 is 24.6 Å². The average Bonchev–Trinajstić information content (AvgIpc) is 3.50. The molecule has 14 nitrogen and oxygen atoms in total. The molecule has 1 fully saturated rings. The third-order valence-electron chi connectivity index (χ3n) is 6.01. The van der Waals surface area contributed by atoms with E-state index in [-0.39, 0.29) is 28.2 Å². The van der Waals surface area contributed by atoms with Crippen LogP contribution in [0.1, 0.15) is 26.9 Å². The highest BCUT2D eigenvalue weighted by atomic mass is 16.6. The molecule has 1 unspecified atom stereocenters. The number of aliphatic hydroxyl groups is 2. The lowest BCUT2D eigenvalue weighted by molar-refractivity contribution is -0.118. The van der Waals surface area contributed by atoms with Crippen LogP contribution in [0.25, 0.3) is 11.2 Å². The van der Waals surface area contributed by atoms with E-state index in [0.29, 0.717) is 4.90 Å². The predicted octanol–water partition coefficient (Wildman–Crippen LogP) is -0.771. The van der Waals surface area contributed by atoms with Gasteiger partial charge in [0, 0.05) is 21.2 Å². The van der Waals surface area contributed by atoms with Gasteiger partial charge in [0.25, 0.3) is 17.4 Å². The summed E-state index contributed by atoms with van der Waals surface area (Å²) in [5, 5.41) is 22.0. The van der Waals surface area contributed by atoms with Crippen molar-refractivity contribution in [3.63, 3.8) is 0 Å². The third-order valence-corrected chi connectivity index (χ3v) is 6.01. The summed E-state index contributed by atoms with van der Waals surface area (Å²) in [6.07, 6.45) is -4.13. The number of nitrogens with zero attached hydrogens (tertiary/aromatic N) is 6. The van der Waals surface area contributed by atoms with Crippen molar-refractivity contribution in [3.8, 4) is 0 Å². The Morgan fingerprint density at radius 1 is 1.22 bits per heavy atom. The van der Waals surface area contributed by atoms with Crippen molar-refractivity contribution < 1.29 is 29.3 Å². The van der Waals surface area contributed by atoms with Gasteiger partial charge in [0.2, 0.25) is 5.95 Å². The van der Waals surface area contributed by atoms with Gasteiger partial charge in [-0.2, -0.15) is 4.98 Å². The Balaban J connectivity index is 1.49. The highest BCUT2D eigenvalue weighted by Gasteiger charge is 2.53. The van der Waals surface area contributed by atoms with Crippen LogP contribution in [-0.2, 0) is 9.47 Å². The number of rotatable bonds is 6. The molecule has 4 heterocycles. The monoisotopic (exact) mass is 497 g/mol. The molecule has 188 valence electrons. The number of imidazole rings is 1. The highest BCUT2D eigenvalue weighted by Crippen LogP contribution is 2.36. The summed E-state index contributed by atoms with van der Waals surface area (Å²) >= 11 is 0. The Kier molecular flexibility index (Phi) is 5.88. The van der Waals surface area contributed by atoms with E-state index >= 15 is 0 Å². The van der Waals surface area contributed by atoms with Gasteiger partial charge in [-0.25, -0.2) is 14.9 Å². The quantitative estimate of drug-likeness (QED) is 0.223. The van der Waals surface area contributed by atoms with E-state index in [9.17, 15) is 24.6 Å². The smallest absolute Gasteiger partial charge is 0.280 e. The average molecular weight is 497 g/mol. The molecule has 5 rings (SSSR count). The second kappa shape index (κ2) is 8.91. The molecule has 2 aliphatic heterocycles. The molecule has 2 aliphatic rings. The van der Waals surface area contributed by atoms with Gasteiger partial charge in [-0.1, -0.05) is 12.1 Å². The zero-order chi connectivity index (χ0) is 25.7. The normalized spacial score (nSPS) is 24.8. The first-order chi connectivity index (χ1) is 17.2. The Hall–Kier alpha value is -3.98. The fraction of sp³-hybridized carbons (Fsp3) is 0.364. The molecule has 3 N–H and O–H groups in total. The number of carbonyl (C=O) groups is 2. The Labute approximate surface area is 203 Å². The number of aliphatic hydroxyl groups excluding tert-OH is 2. The Morgan fingerprint density at radius 2 is 1.89 bits per heavy atom. The number of aromatic nitrogens is 4. The number of aromatic amines is 1. The van der Waals surface area contributed by atoms with Gasteiger partial charge in [0.1, 0.15) is 18.3 Å². The number of nitrogens with one attached hydrogen (secondary N) is 1. The van der Waals surface area contributed by atoms with Gasteiger partial charge >= 0.3 is 0 Å². The summed E-state index contributed by atoms with van der Waals surface area (Å²) in [4.78, 5) is 55.5. The number of hydrogen-bond acceptors (Lipinski definition) is 10. The largest absolute Gasteiger partial charge is 0.387 e. The van der Waals surface area contributed by atoms with E-state index in [4.69, 9.17) is 9.47 Å². The molecule has 0 spiro atoms. The summed E-state index contributed by atoms with van der Waals surface area (Å²) < 4.78 is 12.7. The maximum Gasteiger partial charge on any atom is 0.280 e. The second-order valence-corrected chi connectivity index (χ2v) is 8.54. The minimum absolute atomic E-state index is 0.00362. The van der Waals surface area contributed by atoms with Crippen molar-refractivity contribution in [2.24, 2.45) is 4.99 Å². The van der Waals surface area contributed by atoms with Crippen molar-refractivity contribution in [2.45, 2.75) is 30.8 Å². The maximum atomic E-state index is 12.8. The molecule has 1 saturated heterocycles. The van der Waals surface area contributed by atoms with E-state index in [1.54, 1.807) is 31.1 Å². The molecule has 14 heteroatoms. The summed E-state index contributed by atoms with van der Waals surface area (Å²) in [6.45, 7) is 0. The predicted molar refractivity (Wildman–Crippen MR) is 124 cm³/mol. The van der Waals surface area contributed by atoms with E-state index < -0.39 is 48.1 Å². The van der Waals surface area contributed by atoms with Gasteiger partial charge in [0.15, 0.2) is 23.6 Å². The number of benzene rings is 1. The Morgan fingerprint density at radius 3 is 2.50 bits per heavy atom. The van der Waals surface area contributed by atoms with E-state index in [1.807, 2.05) is 0 Å². The molecule has 0 radical (unpaired) electrons. The molecule has 0 aliphatic carbocycles. The van der Waals surface area contributed by atoms with Crippen LogP contribution in [0.3, 0.4) is 0 Å². The number of ether oxygens (including phenoxy) is 2. The van der Waals surface area contributed by atoms with Crippen molar-refractivity contribution >= 4 is 35.3 Å². The number of fused-ring (bicyclic) bond motifs is 2. The second-order valence-electron chi connectivity index (χ2n) is 8.54. The van der Waals surface area contributed by atoms with Crippen LogP contribution in [0.15, 0.2) is 40.4 Å². The molecule has 2 amide bonds. The fourth-order valence-electron chi connectivity index (χ4n) is 4.33. The lowest BCUT2D eigenvalue weighted by atomic mass is 10.1. The SMILES string of the molecule is CO[C@@H]1[C@H](O)[C@@H](C(O)N2C(=O)c3ccccc3C2=O)O[C@H]1n1cnc2c(=O)[nH]c(N=CN(C)C)nc21. The van der Waals surface area contributed by atoms with Crippen LogP contribution in [0.2, 0.25) is 0 Å². The van der Waals surface area contributed by atoms with Crippen LogP contribution in [0.5, 0.6) is 0 Å². The summed E-state index contributed by atoms with van der Waals surface area (Å²) in [5.74, 6) is -1.40. The topological polar surface area (TPSA) is 175 Å². The highest BCUT2D eigenvalue weighted by molar-refractivity contribution is 6.21. The minimum Gasteiger partial charge on any atom is -0.387 e. The fourth-order valence-corrected chi connectivity index (χ4v) is 4.33. The first kappa shape index (κ1) is 23.7. The zero-order valence-corrected chi connectivity index (χ0v) is 19.5. The van der Waals surface area contributed by atoms with Crippen molar-refractivity contribution in [2.75, 3.05) is 21.2 Å². The number of hydrogen-bond donors (Lipinski definition) is 3. The lowest BCUT2D eigenvalue weighted by Gasteiger charge is -2.27. The minimum atomic E-state index is -1.82. The zero-order valence-electron chi connectivity index (χ0n) is 19.5. The van der Waals surface area contributed by atoms with Gasteiger partial charge in [-0.3, -0.25) is 23.9 Å². The molecular weight excluding hydrogens is 474 g/mol. The van der Waals surface area contributed by atoms with Gasteiger partial charge in [-0.15, -0.1) is 0 Å². The van der Waals surface area contributed by atoms with Crippen molar-refractivity contribution in [1.82, 2.24) is 29.3 Å². The molecule has 36 heavy (non-hydrogen) atoms. The molecule has 5 atom stereocenters. The van der Waals surface area contributed by atoms with Crippen LogP contribution in [-0.4, -0.2) is 103 Å². The summed E-state index contributed by atoms with van der Waals surface area (Å²) in [6, 6.07) is 6.17. The Bertz CT molecular complexity index is 1400. The summed E-state index contributed by atoms with van der Waals surface area (Å²) in [7, 11) is 4.83. The first-order valence-electron chi connectivity index (χ1n) is 10.9. The maximum absolute atomic E-state index is 12.8. The first-order valence-corrected chi connectivity index (χ1v) is 10.9. The van der Waals surface area contributed by atoms with E-state index in [1.165, 1.54) is 36.5 Å². The van der Waals surface area contributed by atoms with Gasteiger partial charge in [-0.05, 0) is 12.1 Å². The van der Waals surface area contributed by atoms with Gasteiger partial charge in [0.05, 0.1) is 23.8 Å². The van der Waals surface area contributed by atoms with E-state index in [0.717, 1.165) is 0 Å².